The van der Waals surface area contributed by atoms with Crippen molar-refractivity contribution in [2.75, 3.05) is 25.5 Å². The number of fused-ring (bicyclic) bond motifs is 1. The molecule has 0 radical (unpaired) electrons. The molecule has 1 unspecified atom stereocenters. The predicted octanol–water partition coefficient (Wildman–Crippen LogP) is 9.94. The second-order valence-electron chi connectivity index (χ2n) is 9.47. The van der Waals surface area contributed by atoms with E-state index in [1.807, 2.05) is 17.8 Å². The second-order valence-corrected chi connectivity index (χ2v) is 10.8. The summed E-state index contributed by atoms with van der Waals surface area (Å²) in [5.41, 5.74) is 3.99. The minimum atomic E-state index is 0.227. The number of nitroso groups, excluding NO2 is 1. The Labute approximate surface area is 221 Å². The zero-order chi connectivity index (χ0) is 26.2. The summed E-state index contributed by atoms with van der Waals surface area (Å²) in [6.45, 7) is 4.49. The van der Waals surface area contributed by atoms with E-state index in [9.17, 15) is 10.1 Å². The van der Waals surface area contributed by atoms with E-state index >= 15 is 0 Å². The first-order chi connectivity index (χ1) is 17.7. The molecule has 0 fully saturated rings. The fourth-order valence-corrected chi connectivity index (χ4v) is 6.18. The lowest BCUT2D eigenvalue weighted by Gasteiger charge is -2.23. The molecule has 0 bridgehead atoms. The van der Waals surface area contributed by atoms with Crippen LogP contribution >= 0.6 is 11.8 Å². The zero-order valence-electron chi connectivity index (χ0n) is 22.7. The number of benzene rings is 2. The van der Waals surface area contributed by atoms with Gasteiger partial charge in [0.05, 0.1) is 30.7 Å². The fraction of sp³-hybridized carbons (Fsp3) is 0.655. The first-order valence-electron chi connectivity index (χ1n) is 13.7. The molecule has 0 amide bonds. The summed E-state index contributed by atoms with van der Waals surface area (Å²) in [4.78, 5) is 11.7. The van der Waals surface area contributed by atoms with Crippen LogP contribution in [0.15, 0.2) is 23.4 Å². The van der Waals surface area contributed by atoms with E-state index in [1.54, 1.807) is 26.4 Å². The Balaban J connectivity index is 2.34. The van der Waals surface area contributed by atoms with Crippen LogP contribution in [-0.4, -0.2) is 25.2 Å². The van der Waals surface area contributed by atoms with Crippen LogP contribution in [0.4, 0.5) is 11.4 Å². The highest BCUT2D eigenvalue weighted by molar-refractivity contribution is 7.99. The molecule has 0 aromatic heterocycles. The molecule has 2 rings (SSSR count). The molecule has 0 spiro atoms. The van der Waals surface area contributed by atoms with Gasteiger partial charge in [0.25, 0.3) is 0 Å². The van der Waals surface area contributed by atoms with E-state index in [0.29, 0.717) is 28.0 Å². The highest BCUT2D eigenvalue weighted by atomic mass is 32.2. The summed E-state index contributed by atoms with van der Waals surface area (Å²) in [6.07, 6.45) is 16.3. The number of nitrogens with zero attached hydrogens (tertiary/aromatic N) is 1. The Kier molecular flexibility index (Phi) is 14.7. The number of rotatable bonds is 20. The van der Waals surface area contributed by atoms with Crippen LogP contribution in [0.5, 0.6) is 11.5 Å². The molecule has 6 nitrogen and oxygen atoms in total. The largest absolute Gasteiger partial charge is 0.496 e. The molecule has 0 saturated carbocycles. The molecule has 36 heavy (non-hydrogen) atoms. The maximum Gasteiger partial charge on any atom is 0.133 e. The molecule has 0 aliphatic heterocycles. The number of hydrogen-bond acceptors (Lipinski definition) is 7. The Morgan fingerprint density at radius 2 is 1.53 bits per heavy atom. The van der Waals surface area contributed by atoms with Crippen LogP contribution < -0.4 is 15.0 Å². The third-order valence-corrected chi connectivity index (χ3v) is 8.25. The van der Waals surface area contributed by atoms with Crippen molar-refractivity contribution in [3.05, 3.63) is 28.7 Å². The Morgan fingerprint density at radius 1 is 0.889 bits per heavy atom. The molecular weight excluding hydrogens is 472 g/mol. The lowest BCUT2D eigenvalue weighted by molar-refractivity contribution is 0.388. The highest BCUT2D eigenvalue weighted by Gasteiger charge is 2.25. The van der Waals surface area contributed by atoms with Crippen LogP contribution in [0.1, 0.15) is 108 Å². The van der Waals surface area contributed by atoms with Gasteiger partial charge in [0.1, 0.15) is 17.2 Å². The van der Waals surface area contributed by atoms with Crippen molar-refractivity contribution < 1.29 is 14.7 Å². The third-order valence-electron chi connectivity index (χ3n) is 6.83. The molecule has 202 valence electrons. The molecule has 0 heterocycles. The average molecular weight is 519 g/mol. The second kappa shape index (κ2) is 17.5. The summed E-state index contributed by atoms with van der Waals surface area (Å²) >= 11 is 1.97. The fourth-order valence-electron chi connectivity index (χ4n) is 4.84. The van der Waals surface area contributed by atoms with Gasteiger partial charge in [0.2, 0.25) is 0 Å². The van der Waals surface area contributed by atoms with Gasteiger partial charge in [-0.15, -0.1) is 4.91 Å². The van der Waals surface area contributed by atoms with E-state index in [0.717, 1.165) is 24.2 Å². The van der Waals surface area contributed by atoms with Crippen LogP contribution in [0, 0.1) is 4.91 Å². The van der Waals surface area contributed by atoms with Crippen molar-refractivity contribution in [1.82, 2.24) is 0 Å². The average Bonchev–Trinajstić information content (AvgIpc) is 2.91. The van der Waals surface area contributed by atoms with Gasteiger partial charge in [-0.3, -0.25) is 10.7 Å². The molecular formula is C29H46N2O4S. The maximum atomic E-state index is 11.7. The first-order valence-corrected chi connectivity index (χ1v) is 14.8. The number of thioether (sulfide) groups is 1. The van der Waals surface area contributed by atoms with Gasteiger partial charge in [0.15, 0.2) is 0 Å². The van der Waals surface area contributed by atoms with E-state index in [2.05, 4.69) is 24.5 Å². The van der Waals surface area contributed by atoms with Gasteiger partial charge >= 0.3 is 0 Å². The quantitative estimate of drug-likeness (QED) is 0.103. The minimum Gasteiger partial charge on any atom is -0.496 e. The maximum absolute atomic E-state index is 11.7. The highest BCUT2D eigenvalue weighted by Crippen LogP contribution is 2.50. The number of nitrogens with one attached hydrogen (secondary N) is 1. The van der Waals surface area contributed by atoms with Crippen molar-refractivity contribution in [3.63, 3.8) is 0 Å². The minimum absolute atomic E-state index is 0.227. The Hall–Kier alpha value is -1.99. The normalized spacial score (nSPS) is 12.0. The molecule has 0 aliphatic rings. The Morgan fingerprint density at radius 3 is 2.11 bits per heavy atom. The van der Waals surface area contributed by atoms with E-state index in [4.69, 9.17) is 9.47 Å². The zero-order valence-corrected chi connectivity index (χ0v) is 23.6. The van der Waals surface area contributed by atoms with Crippen LogP contribution in [0.2, 0.25) is 0 Å². The lowest BCUT2D eigenvalue weighted by atomic mass is 9.96. The van der Waals surface area contributed by atoms with Crippen LogP contribution in [-0.2, 0) is 0 Å². The van der Waals surface area contributed by atoms with Crippen LogP contribution in [0.25, 0.3) is 10.8 Å². The van der Waals surface area contributed by atoms with Gasteiger partial charge < -0.3 is 9.47 Å². The molecule has 2 aromatic carbocycles. The van der Waals surface area contributed by atoms with Crippen molar-refractivity contribution in [3.8, 4) is 11.5 Å². The van der Waals surface area contributed by atoms with Gasteiger partial charge in [-0.1, -0.05) is 84.5 Å². The van der Waals surface area contributed by atoms with Gasteiger partial charge in [-0.25, -0.2) is 0 Å². The number of methoxy groups -OCH3 is 2. The summed E-state index contributed by atoms with van der Waals surface area (Å²) < 4.78 is 11.7. The number of unbranched alkanes of at least 4 members (excludes halogenated alkanes) is 10. The first kappa shape index (κ1) is 30.2. The molecule has 2 N–H and O–H groups in total. The Bertz CT molecular complexity index is 922. The predicted molar refractivity (Wildman–Crippen MR) is 154 cm³/mol. The van der Waals surface area contributed by atoms with Crippen molar-refractivity contribution in [2.24, 2.45) is 5.18 Å². The molecule has 2 aromatic rings. The third kappa shape index (κ3) is 8.55. The van der Waals surface area contributed by atoms with Gasteiger partial charge in [0, 0.05) is 10.8 Å². The van der Waals surface area contributed by atoms with Crippen molar-refractivity contribution in [2.45, 2.75) is 103 Å². The van der Waals surface area contributed by atoms with Crippen LogP contribution in [0.3, 0.4) is 0 Å². The molecule has 0 aliphatic carbocycles. The summed E-state index contributed by atoms with van der Waals surface area (Å²) in [6, 6.07) is 5.25. The summed E-state index contributed by atoms with van der Waals surface area (Å²) in [5, 5.41) is 14.4. The van der Waals surface area contributed by atoms with Gasteiger partial charge in [-0.05, 0) is 42.0 Å². The monoisotopic (exact) mass is 518 g/mol. The topological polar surface area (TPSA) is 80.1 Å². The van der Waals surface area contributed by atoms with E-state index in [-0.39, 0.29) is 10.9 Å². The van der Waals surface area contributed by atoms with E-state index < -0.39 is 0 Å². The molecule has 0 saturated heterocycles. The lowest BCUT2D eigenvalue weighted by Crippen LogP contribution is -2.03. The number of hydrogen-bond donors (Lipinski definition) is 2. The number of ether oxygens (including phenoxy) is 2. The molecule has 7 heteroatoms. The standard InChI is InChI=1S/C29H46N2O4S/c1-5-7-9-11-12-13-14-15-17-26(36-20-16-10-8-6-2)22-21-25(34-3)27-23(30-32)18-19-24(31-33)28(27)29(22)35-4/h18-19,21,26,30,32H,5-17,20H2,1-4H3. The smallest absolute Gasteiger partial charge is 0.133 e. The summed E-state index contributed by atoms with van der Waals surface area (Å²) in [5.74, 6) is 2.32. The van der Waals surface area contributed by atoms with Gasteiger partial charge in [-0.2, -0.15) is 11.8 Å². The number of anilines is 1. The van der Waals surface area contributed by atoms with Crippen molar-refractivity contribution in [1.29, 1.82) is 0 Å². The molecule has 1 atom stereocenters. The van der Waals surface area contributed by atoms with E-state index in [1.165, 1.54) is 70.6 Å². The SMILES string of the molecule is CCCCCCCCCCC(SCCCCCC)c1cc(OC)c2c(NO)ccc(N=O)c2c1OC. The van der Waals surface area contributed by atoms with Crippen molar-refractivity contribution >= 4 is 33.9 Å². The summed E-state index contributed by atoms with van der Waals surface area (Å²) in [7, 11) is 3.25.